The Bertz CT molecular complexity index is 639. The van der Waals surface area contributed by atoms with Crippen molar-refractivity contribution in [3.63, 3.8) is 0 Å². The highest BCUT2D eigenvalue weighted by molar-refractivity contribution is 5.73. The van der Waals surface area contributed by atoms with Crippen molar-refractivity contribution in [1.29, 1.82) is 0 Å². The van der Waals surface area contributed by atoms with Gasteiger partial charge in [-0.1, -0.05) is 0 Å². The van der Waals surface area contributed by atoms with E-state index in [1.807, 2.05) is 0 Å². The lowest BCUT2D eigenvalue weighted by Gasteiger charge is -2.39. The molecular weight excluding hydrogens is 316 g/mol. The summed E-state index contributed by atoms with van der Waals surface area (Å²) in [6.45, 7) is 2.92. The number of aliphatic hydroxyl groups is 1. The lowest BCUT2D eigenvalue weighted by molar-refractivity contribution is -0.133. The zero-order valence-electron chi connectivity index (χ0n) is 13.4. The normalized spacial score (nSPS) is 20.4. The molecule has 2 aliphatic rings. The summed E-state index contributed by atoms with van der Waals surface area (Å²) in [5, 5.41) is 19.8. The van der Waals surface area contributed by atoms with Crippen molar-refractivity contribution < 1.29 is 24.5 Å². The lowest BCUT2D eigenvalue weighted by Crippen LogP contribution is -2.56. The van der Waals surface area contributed by atoms with Crippen LogP contribution in [0.15, 0.2) is 12.4 Å². The van der Waals surface area contributed by atoms with Gasteiger partial charge in [0.1, 0.15) is 17.4 Å². The number of carbonyl (C=O) groups excluding carboxylic acids is 1. The molecule has 0 aromatic carbocycles. The van der Waals surface area contributed by atoms with E-state index in [2.05, 4.69) is 9.97 Å². The summed E-state index contributed by atoms with van der Waals surface area (Å²) >= 11 is 0. The summed E-state index contributed by atoms with van der Waals surface area (Å²) in [6.07, 6.45) is 2.39. The molecule has 2 amide bonds. The zero-order valence-corrected chi connectivity index (χ0v) is 13.4. The smallest absolute Gasteiger partial charge is 0.407 e. The molecule has 0 unspecified atom stereocenters. The van der Waals surface area contributed by atoms with E-state index >= 15 is 0 Å². The van der Waals surface area contributed by atoms with Gasteiger partial charge in [0.25, 0.3) is 0 Å². The van der Waals surface area contributed by atoms with Gasteiger partial charge < -0.3 is 24.7 Å². The first-order chi connectivity index (χ1) is 11.4. The molecule has 0 bridgehead atoms. The van der Waals surface area contributed by atoms with E-state index in [1.54, 1.807) is 4.90 Å². The first kappa shape index (κ1) is 16.4. The largest absolute Gasteiger partial charge is 0.469 e. The van der Waals surface area contributed by atoms with Crippen molar-refractivity contribution in [2.75, 3.05) is 26.2 Å². The van der Waals surface area contributed by atoms with Crippen molar-refractivity contribution in [1.82, 2.24) is 19.8 Å². The first-order valence-corrected chi connectivity index (χ1v) is 7.83. The third-order valence-electron chi connectivity index (χ3n) is 4.54. The minimum absolute atomic E-state index is 0.0177. The molecule has 2 saturated heterocycles. The fourth-order valence-corrected chi connectivity index (χ4v) is 2.99. The molecule has 3 heterocycles. The molecule has 3 rings (SSSR count). The molecule has 1 aromatic heterocycles. The van der Waals surface area contributed by atoms with Crippen LogP contribution >= 0.6 is 0 Å². The third kappa shape index (κ3) is 3.12. The van der Waals surface area contributed by atoms with Crippen LogP contribution in [0.1, 0.15) is 25.5 Å². The number of carbonyl (C=O) groups is 2. The molecule has 1 aromatic rings. The number of amides is 2. The fourth-order valence-electron chi connectivity index (χ4n) is 2.99. The Kier molecular flexibility index (Phi) is 4.27. The minimum atomic E-state index is -1.20. The Morgan fingerprint density at radius 2 is 1.83 bits per heavy atom. The van der Waals surface area contributed by atoms with Gasteiger partial charge in [0.15, 0.2) is 0 Å². The molecule has 9 heteroatoms. The predicted molar refractivity (Wildman–Crippen MR) is 81.4 cm³/mol. The summed E-state index contributed by atoms with van der Waals surface area (Å²) in [4.78, 5) is 33.5. The molecule has 130 valence electrons. The number of aromatic nitrogens is 2. The molecule has 9 nitrogen and oxygen atoms in total. The Labute approximate surface area is 138 Å². The summed E-state index contributed by atoms with van der Waals surface area (Å²) in [6, 6.07) is 0. The second-order valence-electron chi connectivity index (χ2n) is 6.18. The Morgan fingerprint density at radius 3 is 2.42 bits per heavy atom. The van der Waals surface area contributed by atoms with Crippen LogP contribution in [-0.4, -0.2) is 74.3 Å². The Morgan fingerprint density at radius 1 is 1.21 bits per heavy atom. The standard InChI is InChI=1S/C15H20N4O5/c1-10(20)18-6-2-15(23,3-7-18)12-13(17-5-4-16-12)24-11-8-19(9-11)14(21)22/h4-5,11,23H,2-3,6-9H2,1H3,(H,21,22). The van der Waals surface area contributed by atoms with Crippen LogP contribution in [-0.2, 0) is 10.4 Å². The monoisotopic (exact) mass is 336 g/mol. The van der Waals surface area contributed by atoms with Gasteiger partial charge in [0.05, 0.1) is 13.1 Å². The summed E-state index contributed by atoms with van der Waals surface area (Å²) in [7, 11) is 0. The van der Waals surface area contributed by atoms with Crippen LogP contribution in [0, 0.1) is 0 Å². The molecule has 0 radical (unpaired) electrons. The number of piperidine rings is 1. The average molecular weight is 336 g/mol. The highest BCUT2D eigenvalue weighted by atomic mass is 16.5. The molecular formula is C15H20N4O5. The van der Waals surface area contributed by atoms with Crippen LogP contribution in [0.2, 0.25) is 0 Å². The van der Waals surface area contributed by atoms with E-state index in [0.717, 1.165) is 0 Å². The number of likely N-dealkylation sites (tertiary alicyclic amines) is 2. The zero-order chi connectivity index (χ0) is 17.3. The SMILES string of the molecule is CC(=O)N1CCC(O)(c2nccnc2OC2CN(C(=O)O)C2)CC1. The van der Waals surface area contributed by atoms with Crippen molar-refractivity contribution in [3.8, 4) is 5.88 Å². The summed E-state index contributed by atoms with van der Waals surface area (Å²) in [5.41, 5.74) is -0.854. The van der Waals surface area contributed by atoms with Crippen LogP contribution in [0.3, 0.4) is 0 Å². The van der Waals surface area contributed by atoms with E-state index in [0.29, 0.717) is 31.6 Å². The minimum Gasteiger partial charge on any atom is -0.469 e. The van der Waals surface area contributed by atoms with E-state index in [4.69, 9.17) is 9.84 Å². The Balaban J connectivity index is 1.70. The number of ether oxygens (including phenoxy) is 1. The first-order valence-electron chi connectivity index (χ1n) is 7.83. The van der Waals surface area contributed by atoms with Crippen molar-refractivity contribution in [2.45, 2.75) is 31.5 Å². The maximum Gasteiger partial charge on any atom is 0.407 e. The van der Waals surface area contributed by atoms with E-state index in [9.17, 15) is 14.7 Å². The molecule has 0 saturated carbocycles. The quantitative estimate of drug-likeness (QED) is 0.801. The Hall–Kier alpha value is -2.42. The van der Waals surface area contributed by atoms with Gasteiger partial charge in [-0.05, 0) is 12.8 Å². The van der Waals surface area contributed by atoms with E-state index in [1.165, 1.54) is 24.2 Å². The molecule has 24 heavy (non-hydrogen) atoms. The van der Waals surface area contributed by atoms with Gasteiger partial charge in [0.2, 0.25) is 11.8 Å². The number of rotatable bonds is 3. The summed E-state index contributed by atoms with van der Waals surface area (Å²) in [5.74, 6) is 0.210. The molecule has 0 atom stereocenters. The van der Waals surface area contributed by atoms with Gasteiger partial charge in [-0.25, -0.2) is 9.78 Å². The highest BCUT2D eigenvalue weighted by Crippen LogP contribution is 2.36. The highest BCUT2D eigenvalue weighted by Gasteiger charge is 2.40. The van der Waals surface area contributed by atoms with Crippen LogP contribution in [0.5, 0.6) is 5.88 Å². The van der Waals surface area contributed by atoms with Crippen LogP contribution in [0.25, 0.3) is 0 Å². The van der Waals surface area contributed by atoms with Crippen molar-refractivity contribution in [2.24, 2.45) is 0 Å². The molecule has 2 fully saturated rings. The van der Waals surface area contributed by atoms with E-state index < -0.39 is 11.7 Å². The van der Waals surface area contributed by atoms with Gasteiger partial charge >= 0.3 is 6.09 Å². The fraction of sp³-hybridized carbons (Fsp3) is 0.600. The number of hydrogen-bond acceptors (Lipinski definition) is 6. The topological polar surface area (TPSA) is 116 Å². The van der Waals surface area contributed by atoms with Gasteiger partial charge in [-0.3, -0.25) is 9.78 Å². The molecule has 0 spiro atoms. The van der Waals surface area contributed by atoms with Crippen molar-refractivity contribution >= 4 is 12.0 Å². The van der Waals surface area contributed by atoms with Gasteiger partial charge in [0, 0.05) is 32.4 Å². The van der Waals surface area contributed by atoms with Gasteiger partial charge in [-0.2, -0.15) is 0 Å². The second kappa shape index (κ2) is 6.23. The molecule has 2 aliphatic heterocycles. The maximum atomic E-state index is 11.4. The predicted octanol–water partition coefficient (Wildman–Crippen LogP) is 0.0475. The lowest BCUT2D eigenvalue weighted by atomic mass is 9.88. The molecule has 0 aliphatic carbocycles. The third-order valence-corrected chi connectivity index (χ3v) is 4.54. The molecule has 2 N–H and O–H groups in total. The second-order valence-corrected chi connectivity index (χ2v) is 6.18. The number of carboxylic acid groups (broad SMARTS) is 1. The van der Waals surface area contributed by atoms with Gasteiger partial charge in [-0.15, -0.1) is 0 Å². The van der Waals surface area contributed by atoms with Crippen molar-refractivity contribution in [3.05, 3.63) is 18.1 Å². The van der Waals surface area contributed by atoms with Crippen LogP contribution in [0.4, 0.5) is 4.79 Å². The van der Waals surface area contributed by atoms with Crippen LogP contribution < -0.4 is 4.74 Å². The summed E-state index contributed by atoms with van der Waals surface area (Å²) < 4.78 is 5.74. The number of nitrogens with zero attached hydrogens (tertiary/aromatic N) is 4. The maximum absolute atomic E-state index is 11.4. The number of hydrogen-bond donors (Lipinski definition) is 2. The average Bonchev–Trinajstić information content (AvgIpc) is 2.51. The van der Waals surface area contributed by atoms with E-state index in [-0.39, 0.29) is 31.0 Å².